The maximum Gasteiger partial charge on any atom is 0.333 e. The number of nitrogens with zero attached hydrogens (tertiary/aromatic N) is 1. The van der Waals surface area contributed by atoms with E-state index in [1.807, 2.05) is 25.1 Å². The largest absolute Gasteiger partial charge is 0.493 e. The second-order valence-electron chi connectivity index (χ2n) is 6.65. The third-order valence-electron chi connectivity index (χ3n) is 4.57. The van der Waals surface area contributed by atoms with E-state index in [1.165, 1.54) is 12.0 Å². The zero-order valence-corrected chi connectivity index (χ0v) is 19.1. The molecule has 0 spiro atoms. The Kier molecular flexibility index (Phi) is 7.70. The first-order valence-electron chi connectivity index (χ1n) is 9.70. The van der Waals surface area contributed by atoms with Crippen molar-refractivity contribution in [2.45, 2.75) is 19.4 Å². The molecule has 1 aliphatic rings. The van der Waals surface area contributed by atoms with Crippen LogP contribution in [0.1, 0.15) is 30.5 Å². The van der Waals surface area contributed by atoms with Crippen molar-refractivity contribution in [3.63, 3.8) is 0 Å². The van der Waals surface area contributed by atoms with Gasteiger partial charge >= 0.3 is 5.97 Å². The number of hydrogen-bond acceptors (Lipinski definition) is 7. The highest BCUT2D eigenvalue weighted by atomic mass is 32.2. The average molecular weight is 458 g/mol. The third kappa shape index (κ3) is 5.08. The monoisotopic (exact) mass is 457 g/mol. The van der Waals surface area contributed by atoms with Gasteiger partial charge in [0, 0.05) is 0 Å². The fraction of sp³-hybridized carbons (Fsp3) is 0.261. The SMILES string of the molecule is CCCOc1ccc(/C=C2\SC(=S)N(C(C(=O)OC)c3ccccc3)C2=O)cc1OC. The lowest BCUT2D eigenvalue weighted by molar-refractivity contribution is -0.148. The molecule has 1 atom stereocenters. The lowest BCUT2D eigenvalue weighted by Crippen LogP contribution is -2.37. The van der Waals surface area contributed by atoms with Gasteiger partial charge < -0.3 is 14.2 Å². The number of hydrogen-bond donors (Lipinski definition) is 0. The molecular formula is C23H23NO5S2. The van der Waals surface area contributed by atoms with E-state index in [-0.39, 0.29) is 5.91 Å². The Balaban J connectivity index is 1.92. The highest BCUT2D eigenvalue weighted by molar-refractivity contribution is 8.26. The summed E-state index contributed by atoms with van der Waals surface area (Å²) in [6, 6.07) is 13.5. The van der Waals surface area contributed by atoms with E-state index in [0.29, 0.717) is 32.9 Å². The summed E-state index contributed by atoms with van der Waals surface area (Å²) in [6.07, 6.45) is 2.61. The average Bonchev–Trinajstić information content (AvgIpc) is 3.06. The number of ether oxygens (including phenoxy) is 3. The molecule has 1 saturated heterocycles. The lowest BCUT2D eigenvalue weighted by Gasteiger charge is -2.24. The van der Waals surface area contributed by atoms with E-state index >= 15 is 0 Å². The zero-order chi connectivity index (χ0) is 22.4. The van der Waals surface area contributed by atoms with E-state index in [2.05, 4.69) is 0 Å². The maximum atomic E-state index is 13.2. The molecule has 1 aliphatic heterocycles. The van der Waals surface area contributed by atoms with Crippen LogP contribution in [-0.4, -0.2) is 41.9 Å². The summed E-state index contributed by atoms with van der Waals surface area (Å²) in [5.74, 6) is 0.320. The predicted molar refractivity (Wildman–Crippen MR) is 125 cm³/mol. The van der Waals surface area contributed by atoms with Crippen molar-refractivity contribution in [3.05, 3.63) is 64.6 Å². The molecule has 31 heavy (non-hydrogen) atoms. The van der Waals surface area contributed by atoms with Crippen LogP contribution in [0.4, 0.5) is 0 Å². The summed E-state index contributed by atoms with van der Waals surface area (Å²) in [5.41, 5.74) is 1.39. The molecule has 2 aromatic carbocycles. The summed E-state index contributed by atoms with van der Waals surface area (Å²) < 4.78 is 16.3. The highest BCUT2D eigenvalue weighted by Crippen LogP contribution is 2.39. The first kappa shape index (κ1) is 22.8. The van der Waals surface area contributed by atoms with Gasteiger partial charge in [0.2, 0.25) is 0 Å². The van der Waals surface area contributed by atoms with E-state index < -0.39 is 12.0 Å². The van der Waals surface area contributed by atoms with Crippen LogP contribution in [0.25, 0.3) is 6.08 Å². The molecule has 0 N–H and O–H groups in total. The summed E-state index contributed by atoms with van der Waals surface area (Å²) in [5, 5.41) is 0. The Hall–Kier alpha value is -2.84. The van der Waals surface area contributed by atoms with Crippen molar-refractivity contribution < 1.29 is 23.8 Å². The van der Waals surface area contributed by atoms with Gasteiger partial charge in [-0.2, -0.15) is 0 Å². The van der Waals surface area contributed by atoms with Gasteiger partial charge in [0.25, 0.3) is 5.91 Å². The van der Waals surface area contributed by atoms with Gasteiger partial charge in [-0.05, 0) is 35.8 Å². The van der Waals surface area contributed by atoms with Gasteiger partial charge in [0.05, 0.1) is 25.7 Å². The highest BCUT2D eigenvalue weighted by Gasteiger charge is 2.41. The summed E-state index contributed by atoms with van der Waals surface area (Å²) in [7, 11) is 2.86. The number of carbonyl (C=O) groups is 2. The number of thioether (sulfide) groups is 1. The van der Waals surface area contributed by atoms with E-state index in [0.717, 1.165) is 23.7 Å². The molecule has 1 heterocycles. The molecule has 1 unspecified atom stereocenters. The van der Waals surface area contributed by atoms with Crippen LogP contribution in [0.3, 0.4) is 0 Å². The quantitative estimate of drug-likeness (QED) is 0.326. The minimum absolute atomic E-state index is 0.297. The Morgan fingerprint density at radius 2 is 1.90 bits per heavy atom. The zero-order valence-electron chi connectivity index (χ0n) is 17.5. The molecule has 0 bridgehead atoms. The topological polar surface area (TPSA) is 65.1 Å². The molecule has 0 aromatic heterocycles. The molecule has 2 aromatic rings. The fourth-order valence-corrected chi connectivity index (χ4v) is 4.41. The Bertz CT molecular complexity index is 1010. The van der Waals surface area contributed by atoms with Crippen molar-refractivity contribution >= 4 is 46.3 Å². The van der Waals surface area contributed by atoms with Gasteiger partial charge in [-0.3, -0.25) is 9.69 Å². The summed E-state index contributed by atoms with van der Waals surface area (Å²) in [4.78, 5) is 27.5. The van der Waals surface area contributed by atoms with Crippen LogP contribution in [0.5, 0.6) is 11.5 Å². The second kappa shape index (κ2) is 10.5. The van der Waals surface area contributed by atoms with Crippen LogP contribution in [0.15, 0.2) is 53.4 Å². The third-order valence-corrected chi connectivity index (χ3v) is 5.90. The number of benzene rings is 2. The van der Waals surface area contributed by atoms with E-state index in [4.69, 9.17) is 26.4 Å². The van der Waals surface area contributed by atoms with Gasteiger partial charge in [-0.1, -0.05) is 67.3 Å². The number of rotatable bonds is 8. The van der Waals surface area contributed by atoms with Crippen LogP contribution in [-0.2, 0) is 14.3 Å². The van der Waals surface area contributed by atoms with Crippen molar-refractivity contribution in [1.29, 1.82) is 0 Å². The summed E-state index contributed by atoms with van der Waals surface area (Å²) in [6.45, 7) is 2.61. The molecule has 1 amide bonds. The number of thiocarbonyl (C=S) groups is 1. The smallest absolute Gasteiger partial charge is 0.333 e. The first-order chi connectivity index (χ1) is 15.0. The minimum atomic E-state index is -0.941. The normalized spacial score (nSPS) is 15.8. The molecule has 162 valence electrons. The summed E-state index contributed by atoms with van der Waals surface area (Å²) >= 11 is 6.59. The lowest BCUT2D eigenvalue weighted by atomic mass is 10.1. The van der Waals surface area contributed by atoms with Crippen LogP contribution in [0, 0.1) is 0 Å². The number of amides is 1. The molecule has 0 saturated carbocycles. The van der Waals surface area contributed by atoms with Gasteiger partial charge in [-0.25, -0.2) is 4.79 Å². The minimum Gasteiger partial charge on any atom is -0.493 e. The van der Waals surface area contributed by atoms with Crippen molar-refractivity contribution in [1.82, 2.24) is 4.90 Å². The Morgan fingerprint density at radius 1 is 1.16 bits per heavy atom. The van der Waals surface area contributed by atoms with E-state index in [9.17, 15) is 9.59 Å². The molecular weight excluding hydrogens is 434 g/mol. The standard InChI is InChI=1S/C23H23NO5S2/c1-4-12-29-17-11-10-15(13-18(17)27-2)14-19-21(25)24(23(30)31-19)20(22(26)28-3)16-8-6-5-7-9-16/h5-11,13-14,20H,4,12H2,1-3H3/b19-14-. The number of methoxy groups -OCH3 is 2. The molecule has 3 rings (SSSR count). The number of carbonyl (C=O) groups excluding carboxylic acids is 2. The Morgan fingerprint density at radius 3 is 2.55 bits per heavy atom. The molecule has 6 nitrogen and oxygen atoms in total. The van der Waals surface area contributed by atoms with Crippen molar-refractivity contribution in [2.75, 3.05) is 20.8 Å². The predicted octanol–water partition coefficient (Wildman–Crippen LogP) is 4.60. The van der Waals surface area contributed by atoms with Crippen LogP contribution in [0.2, 0.25) is 0 Å². The van der Waals surface area contributed by atoms with Crippen LogP contribution >= 0.6 is 24.0 Å². The number of esters is 1. The van der Waals surface area contributed by atoms with Gasteiger partial charge in [-0.15, -0.1) is 0 Å². The molecule has 0 radical (unpaired) electrons. The van der Waals surface area contributed by atoms with E-state index in [1.54, 1.807) is 43.5 Å². The van der Waals surface area contributed by atoms with Crippen LogP contribution < -0.4 is 9.47 Å². The van der Waals surface area contributed by atoms with Crippen molar-refractivity contribution in [2.24, 2.45) is 0 Å². The van der Waals surface area contributed by atoms with Crippen molar-refractivity contribution in [3.8, 4) is 11.5 Å². The molecule has 0 aliphatic carbocycles. The van der Waals surface area contributed by atoms with Gasteiger partial charge in [0.15, 0.2) is 17.5 Å². The maximum absolute atomic E-state index is 13.2. The first-order valence-corrected chi connectivity index (χ1v) is 10.9. The van der Waals surface area contributed by atoms with Gasteiger partial charge in [0.1, 0.15) is 4.32 Å². The fourth-order valence-electron chi connectivity index (χ4n) is 3.10. The Labute approximate surface area is 191 Å². The second-order valence-corrected chi connectivity index (χ2v) is 8.32. The molecule has 1 fully saturated rings. The molecule has 8 heteroatoms.